The van der Waals surface area contributed by atoms with Gasteiger partial charge in [-0.2, -0.15) is 0 Å². The Balaban J connectivity index is 2.34. The van der Waals surface area contributed by atoms with Gasteiger partial charge in [-0.3, -0.25) is 9.59 Å². The van der Waals surface area contributed by atoms with Gasteiger partial charge < -0.3 is 4.74 Å². The molecule has 0 unspecified atom stereocenters. The molecule has 2 aliphatic carbocycles. The van der Waals surface area contributed by atoms with Crippen molar-refractivity contribution >= 4 is 11.8 Å². The van der Waals surface area contributed by atoms with Crippen LogP contribution in [0.1, 0.15) is 66.7 Å². The highest BCUT2D eigenvalue weighted by Crippen LogP contribution is 2.58. The minimum absolute atomic E-state index is 0.138. The predicted octanol–water partition coefficient (Wildman–Crippen LogP) is 3.50. The fourth-order valence-electron chi connectivity index (χ4n) is 4.66. The number of ketones is 1. The molecule has 2 aliphatic rings. The Kier molecular flexibility index (Phi) is 3.31. The van der Waals surface area contributed by atoms with Crippen LogP contribution in [0.25, 0.3) is 0 Å². The Bertz CT molecular complexity index is 412. The number of hydrogen-bond acceptors (Lipinski definition) is 3. The topological polar surface area (TPSA) is 43.4 Å². The van der Waals surface area contributed by atoms with E-state index in [0.29, 0.717) is 12.3 Å². The van der Waals surface area contributed by atoms with E-state index in [1.54, 1.807) is 6.92 Å². The van der Waals surface area contributed by atoms with Crippen molar-refractivity contribution in [3.63, 3.8) is 0 Å². The van der Waals surface area contributed by atoms with Gasteiger partial charge in [-0.25, -0.2) is 0 Å². The van der Waals surface area contributed by atoms with Crippen LogP contribution in [0.4, 0.5) is 0 Å². The van der Waals surface area contributed by atoms with Crippen LogP contribution in [0.2, 0.25) is 0 Å². The number of carbonyl (C=O) groups excluding carboxylic acids is 2. The summed E-state index contributed by atoms with van der Waals surface area (Å²) in [6.45, 7) is 9.81. The predicted molar refractivity (Wildman–Crippen MR) is 73.6 cm³/mol. The zero-order chi connectivity index (χ0) is 14.5. The lowest BCUT2D eigenvalue weighted by atomic mass is 9.49. The summed E-state index contributed by atoms with van der Waals surface area (Å²) in [7, 11) is 0. The minimum atomic E-state index is -0.912. The molecule has 0 saturated heterocycles. The first kappa shape index (κ1) is 14.5. The van der Waals surface area contributed by atoms with Gasteiger partial charge in [0.05, 0.1) is 0 Å². The minimum Gasteiger partial charge on any atom is -0.452 e. The van der Waals surface area contributed by atoms with Crippen molar-refractivity contribution in [2.45, 2.75) is 72.3 Å². The van der Waals surface area contributed by atoms with E-state index in [-0.39, 0.29) is 22.6 Å². The van der Waals surface area contributed by atoms with E-state index in [4.69, 9.17) is 4.74 Å². The van der Waals surface area contributed by atoms with Crippen LogP contribution < -0.4 is 0 Å². The number of esters is 1. The lowest BCUT2D eigenvalue weighted by molar-refractivity contribution is -0.183. The highest BCUT2D eigenvalue weighted by molar-refractivity contribution is 5.94. The van der Waals surface area contributed by atoms with Gasteiger partial charge in [0.25, 0.3) is 0 Å². The zero-order valence-electron chi connectivity index (χ0n) is 12.8. The molecule has 0 spiro atoms. The first-order valence-electron chi connectivity index (χ1n) is 7.36. The molecule has 3 nitrogen and oxygen atoms in total. The standard InChI is InChI=1S/C16H26O3/c1-11(17)19-16(5)10-7-12-14(2,3)8-6-9-15(12,4)13(16)18/h12H,6-10H2,1-5H3/t12-,15-,16+/m0/s1. The largest absolute Gasteiger partial charge is 0.452 e. The normalized spacial score (nSPS) is 41.5. The van der Waals surface area contributed by atoms with Gasteiger partial charge in [0.2, 0.25) is 0 Å². The molecule has 0 aromatic rings. The molecule has 0 aliphatic heterocycles. The van der Waals surface area contributed by atoms with Gasteiger partial charge in [0.1, 0.15) is 0 Å². The summed E-state index contributed by atoms with van der Waals surface area (Å²) in [5, 5.41) is 0. The Morgan fingerprint density at radius 2 is 1.79 bits per heavy atom. The van der Waals surface area contributed by atoms with Crippen molar-refractivity contribution in [1.29, 1.82) is 0 Å². The third-order valence-corrected chi connectivity index (χ3v) is 5.51. The summed E-state index contributed by atoms with van der Waals surface area (Å²) >= 11 is 0. The molecular weight excluding hydrogens is 240 g/mol. The number of Topliss-reactive ketones (excluding diaryl/α,β-unsaturated/α-hetero) is 1. The van der Waals surface area contributed by atoms with Crippen molar-refractivity contribution in [2.24, 2.45) is 16.7 Å². The molecule has 2 saturated carbocycles. The molecule has 0 N–H and O–H groups in total. The number of rotatable bonds is 1. The maximum atomic E-state index is 12.9. The second-order valence-corrected chi connectivity index (χ2v) is 7.50. The summed E-state index contributed by atoms with van der Waals surface area (Å²) in [4.78, 5) is 24.2. The molecule has 0 bridgehead atoms. The van der Waals surface area contributed by atoms with E-state index < -0.39 is 5.60 Å². The highest BCUT2D eigenvalue weighted by atomic mass is 16.6. The van der Waals surface area contributed by atoms with E-state index in [1.165, 1.54) is 13.3 Å². The molecule has 0 amide bonds. The van der Waals surface area contributed by atoms with Gasteiger partial charge in [-0.15, -0.1) is 0 Å². The van der Waals surface area contributed by atoms with Crippen LogP contribution in [0.15, 0.2) is 0 Å². The SMILES string of the molecule is CC(=O)O[C@]1(C)CC[C@H]2C(C)(C)CCC[C@]2(C)C1=O. The van der Waals surface area contributed by atoms with Gasteiger partial charge >= 0.3 is 5.97 Å². The maximum absolute atomic E-state index is 12.9. The monoisotopic (exact) mass is 266 g/mol. The van der Waals surface area contributed by atoms with E-state index >= 15 is 0 Å². The van der Waals surface area contributed by atoms with Gasteiger partial charge in [-0.05, 0) is 43.9 Å². The van der Waals surface area contributed by atoms with Gasteiger partial charge in [-0.1, -0.05) is 27.2 Å². The number of ether oxygens (including phenoxy) is 1. The molecular formula is C16H26O3. The van der Waals surface area contributed by atoms with Crippen LogP contribution in [0, 0.1) is 16.7 Å². The van der Waals surface area contributed by atoms with Crippen molar-refractivity contribution in [3.8, 4) is 0 Å². The zero-order valence-corrected chi connectivity index (χ0v) is 12.8. The Labute approximate surface area is 116 Å². The van der Waals surface area contributed by atoms with Crippen molar-refractivity contribution < 1.29 is 14.3 Å². The molecule has 108 valence electrons. The Morgan fingerprint density at radius 1 is 1.16 bits per heavy atom. The molecule has 2 fully saturated rings. The molecule has 0 aromatic heterocycles. The van der Waals surface area contributed by atoms with E-state index in [2.05, 4.69) is 20.8 Å². The highest BCUT2D eigenvalue weighted by Gasteiger charge is 2.59. The average Bonchev–Trinajstić information content (AvgIpc) is 2.23. The fourth-order valence-corrected chi connectivity index (χ4v) is 4.66. The quantitative estimate of drug-likeness (QED) is 0.682. The van der Waals surface area contributed by atoms with Crippen LogP contribution in [0.5, 0.6) is 0 Å². The lowest BCUT2D eigenvalue weighted by Gasteiger charge is -2.55. The number of carbonyl (C=O) groups is 2. The van der Waals surface area contributed by atoms with Crippen LogP contribution in [0.3, 0.4) is 0 Å². The molecule has 0 heterocycles. The van der Waals surface area contributed by atoms with Crippen LogP contribution in [-0.2, 0) is 14.3 Å². The van der Waals surface area contributed by atoms with Crippen molar-refractivity contribution in [1.82, 2.24) is 0 Å². The fraction of sp³-hybridized carbons (Fsp3) is 0.875. The average molecular weight is 266 g/mol. The van der Waals surface area contributed by atoms with Crippen molar-refractivity contribution in [3.05, 3.63) is 0 Å². The van der Waals surface area contributed by atoms with Crippen LogP contribution >= 0.6 is 0 Å². The third kappa shape index (κ3) is 2.21. The van der Waals surface area contributed by atoms with Crippen molar-refractivity contribution in [2.75, 3.05) is 0 Å². The molecule has 0 aromatic carbocycles. The second kappa shape index (κ2) is 4.32. The maximum Gasteiger partial charge on any atom is 0.303 e. The van der Waals surface area contributed by atoms with E-state index in [1.807, 2.05) is 0 Å². The summed E-state index contributed by atoms with van der Waals surface area (Å²) in [6, 6.07) is 0. The second-order valence-electron chi connectivity index (χ2n) is 7.50. The van der Waals surface area contributed by atoms with Gasteiger partial charge in [0.15, 0.2) is 11.4 Å². The summed E-state index contributed by atoms with van der Waals surface area (Å²) in [5.41, 5.74) is -1.03. The Morgan fingerprint density at radius 3 is 2.37 bits per heavy atom. The smallest absolute Gasteiger partial charge is 0.303 e. The number of hydrogen-bond donors (Lipinski definition) is 0. The van der Waals surface area contributed by atoms with Crippen LogP contribution in [-0.4, -0.2) is 17.4 Å². The summed E-state index contributed by atoms with van der Waals surface area (Å²) in [6.07, 6.45) is 4.83. The molecule has 3 heteroatoms. The van der Waals surface area contributed by atoms with Gasteiger partial charge in [0, 0.05) is 12.3 Å². The first-order chi connectivity index (χ1) is 8.62. The molecule has 0 radical (unpaired) electrons. The van der Waals surface area contributed by atoms with E-state index in [9.17, 15) is 9.59 Å². The van der Waals surface area contributed by atoms with E-state index in [0.717, 1.165) is 19.3 Å². The number of fused-ring (bicyclic) bond motifs is 1. The molecule has 3 atom stereocenters. The summed E-state index contributed by atoms with van der Waals surface area (Å²) in [5.74, 6) is 0.192. The Hall–Kier alpha value is -0.860. The summed E-state index contributed by atoms with van der Waals surface area (Å²) < 4.78 is 5.38. The molecule has 2 rings (SSSR count). The molecule has 19 heavy (non-hydrogen) atoms. The first-order valence-corrected chi connectivity index (χ1v) is 7.36. The third-order valence-electron chi connectivity index (χ3n) is 5.51. The lowest BCUT2D eigenvalue weighted by Crippen LogP contribution is -2.59.